The first kappa shape index (κ1) is 28.9. The van der Waals surface area contributed by atoms with E-state index in [1.54, 1.807) is 77.5 Å². The maximum absolute atomic E-state index is 14.0. The topological polar surface area (TPSA) is 148 Å². The lowest BCUT2D eigenvalue weighted by Gasteiger charge is -2.26. The van der Waals surface area contributed by atoms with Crippen LogP contribution in [-0.2, 0) is 9.30 Å². The Morgan fingerprint density at radius 1 is 0.976 bits per heavy atom. The summed E-state index contributed by atoms with van der Waals surface area (Å²) in [5.74, 6) is 1.15. The summed E-state index contributed by atoms with van der Waals surface area (Å²) in [6.07, 6.45) is -1.43. The van der Waals surface area contributed by atoms with E-state index in [1.807, 2.05) is 0 Å². The van der Waals surface area contributed by atoms with Crippen LogP contribution in [0.4, 0.5) is 5.82 Å². The second-order valence-corrected chi connectivity index (χ2v) is 12.9. The van der Waals surface area contributed by atoms with Gasteiger partial charge in [-0.15, -0.1) is 0 Å². The molecule has 42 heavy (non-hydrogen) atoms. The number of aliphatic hydroxyl groups is 3. The van der Waals surface area contributed by atoms with Crippen molar-refractivity contribution in [3.05, 3.63) is 78.2 Å². The third kappa shape index (κ3) is 6.13. The molecule has 0 spiro atoms. The molecule has 0 amide bonds. The molecular weight excluding hydrogens is 583 g/mol. The molecule has 1 aliphatic carbocycles. The lowest BCUT2D eigenvalue weighted by Crippen LogP contribution is -2.41. The second-order valence-electron chi connectivity index (χ2n) is 10.6. The van der Waals surface area contributed by atoms with Gasteiger partial charge in [0.2, 0.25) is 5.28 Å². The van der Waals surface area contributed by atoms with Crippen molar-refractivity contribution in [2.75, 3.05) is 11.5 Å². The Morgan fingerprint density at radius 3 is 2.21 bits per heavy atom. The van der Waals surface area contributed by atoms with Gasteiger partial charge in [-0.2, -0.15) is 4.98 Å². The summed E-state index contributed by atoms with van der Waals surface area (Å²) in [4.78, 5) is 8.72. The summed E-state index contributed by atoms with van der Waals surface area (Å²) in [5.41, 5.74) is 0.396. The van der Waals surface area contributed by atoms with Gasteiger partial charge in [0.25, 0.3) is 0 Å². The van der Waals surface area contributed by atoms with Gasteiger partial charge >= 0.3 is 7.60 Å². The van der Waals surface area contributed by atoms with Crippen molar-refractivity contribution in [1.82, 2.24) is 14.5 Å². The average molecular weight is 615 g/mol. The normalized spacial score (nSPS) is 23.7. The van der Waals surface area contributed by atoms with E-state index in [2.05, 4.69) is 15.3 Å². The molecule has 2 aliphatic rings. The van der Waals surface area contributed by atoms with Crippen molar-refractivity contribution in [2.24, 2.45) is 0 Å². The molecule has 1 unspecified atom stereocenters. The zero-order valence-electron chi connectivity index (χ0n) is 22.6. The molecule has 4 aromatic rings. The summed E-state index contributed by atoms with van der Waals surface area (Å²) in [6, 6.07) is 19.0. The number of para-hydroxylation sites is 2. The summed E-state index contributed by atoms with van der Waals surface area (Å²) in [7, 11) is -4.04. The minimum absolute atomic E-state index is 0.0182. The largest absolute Gasteiger partial charge is 0.433 e. The molecule has 222 valence electrons. The Morgan fingerprint density at radius 2 is 1.60 bits per heavy atom. The Bertz CT molecular complexity index is 1510. The van der Waals surface area contributed by atoms with E-state index in [0.717, 1.165) is 25.7 Å². The van der Waals surface area contributed by atoms with Crippen molar-refractivity contribution >= 4 is 36.0 Å². The van der Waals surface area contributed by atoms with Crippen LogP contribution in [0.2, 0.25) is 5.28 Å². The monoisotopic (exact) mass is 614 g/mol. The first-order chi connectivity index (χ1) is 20.3. The molecule has 4 N–H and O–H groups in total. The predicted octanol–water partition coefficient (Wildman–Crippen LogP) is 4.77. The Labute approximate surface area is 247 Å². The number of aliphatic hydroxyl groups excluding tert-OH is 3. The standard InChI is InChI=1S/C29H32ClN4O7P/c30-29-32-26(31-18-9-7-8-10-18)21-15-16-34(27(21)33-29)28-24(37)23(36)25(39-28)22(35)17-42(38,40-19-11-3-1-4-12-19)41-20-13-5-2-6-14-20/h1-6,11-16,18,22-25,28,35-37H,7-10,17H2,(H,31,32,33)/t22?,23-,24+,25-,28+/m0/s1. The van der Waals surface area contributed by atoms with Crippen molar-refractivity contribution in [3.63, 3.8) is 0 Å². The molecule has 1 saturated carbocycles. The summed E-state index contributed by atoms with van der Waals surface area (Å²) < 4.78 is 33.1. The zero-order chi connectivity index (χ0) is 29.3. The number of hydrogen-bond donors (Lipinski definition) is 4. The SMILES string of the molecule is O=P(CC(O)[C@@H]1O[C@@H](n2ccc3c(NC4CCCC4)nc(Cl)nc32)[C@H](O)[C@@H]1O)(Oc1ccccc1)Oc1ccccc1. The Balaban J connectivity index is 1.24. The molecule has 5 atom stereocenters. The molecule has 6 rings (SSSR count). The van der Waals surface area contributed by atoms with E-state index in [4.69, 9.17) is 25.4 Å². The second kappa shape index (κ2) is 12.2. The van der Waals surface area contributed by atoms with Gasteiger partial charge < -0.3 is 39.0 Å². The average Bonchev–Trinajstić information content (AvgIpc) is 3.70. The van der Waals surface area contributed by atoms with Crippen LogP contribution in [0.25, 0.3) is 11.0 Å². The van der Waals surface area contributed by atoms with E-state index in [0.29, 0.717) is 16.9 Å². The zero-order valence-corrected chi connectivity index (χ0v) is 24.2. The van der Waals surface area contributed by atoms with Crippen molar-refractivity contribution < 1.29 is 33.7 Å². The minimum Gasteiger partial charge on any atom is -0.416 e. The van der Waals surface area contributed by atoms with Crippen LogP contribution in [0.5, 0.6) is 11.5 Å². The van der Waals surface area contributed by atoms with E-state index >= 15 is 0 Å². The summed E-state index contributed by atoms with van der Waals surface area (Å²) >= 11 is 6.27. The molecule has 0 radical (unpaired) electrons. The summed E-state index contributed by atoms with van der Waals surface area (Å²) in [5, 5.41) is 37.3. The van der Waals surface area contributed by atoms with Gasteiger partial charge in [-0.3, -0.25) is 0 Å². The van der Waals surface area contributed by atoms with Crippen molar-refractivity contribution in [1.29, 1.82) is 0 Å². The van der Waals surface area contributed by atoms with Crippen LogP contribution in [0.3, 0.4) is 0 Å². The third-order valence-corrected chi connectivity index (χ3v) is 9.52. The maximum Gasteiger partial charge on any atom is 0.433 e. The fourth-order valence-electron chi connectivity index (χ4n) is 5.53. The fraction of sp³-hybridized carbons (Fsp3) is 0.379. The number of benzene rings is 2. The molecule has 3 heterocycles. The molecule has 1 aliphatic heterocycles. The van der Waals surface area contributed by atoms with Gasteiger partial charge in [0.15, 0.2) is 6.23 Å². The van der Waals surface area contributed by atoms with Crippen LogP contribution >= 0.6 is 19.2 Å². The minimum atomic E-state index is -4.04. The van der Waals surface area contributed by atoms with Gasteiger partial charge in [-0.1, -0.05) is 49.2 Å². The van der Waals surface area contributed by atoms with Crippen molar-refractivity contribution in [2.45, 2.75) is 62.4 Å². The van der Waals surface area contributed by atoms with Gasteiger partial charge in [-0.05, 0) is 54.8 Å². The van der Waals surface area contributed by atoms with Crippen LogP contribution in [-0.4, -0.2) is 66.5 Å². The lowest BCUT2D eigenvalue weighted by molar-refractivity contribution is -0.0773. The number of nitrogens with zero attached hydrogens (tertiary/aromatic N) is 3. The highest BCUT2D eigenvalue weighted by molar-refractivity contribution is 7.54. The number of rotatable bonds is 10. The number of hydrogen-bond acceptors (Lipinski definition) is 10. The Kier molecular flexibility index (Phi) is 8.40. The van der Waals surface area contributed by atoms with E-state index < -0.39 is 44.4 Å². The molecule has 2 aromatic heterocycles. The number of nitrogens with one attached hydrogen (secondary N) is 1. The van der Waals surface area contributed by atoms with Crippen LogP contribution in [0.15, 0.2) is 72.9 Å². The van der Waals surface area contributed by atoms with Crippen LogP contribution < -0.4 is 14.4 Å². The predicted molar refractivity (Wildman–Crippen MR) is 157 cm³/mol. The Hall–Kier alpha value is -3.18. The fourth-order valence-corrected chi connectivity index (χ4v) is 7.43. The molecule has 11 nitrogen and oxygen atoms in total. The number of aromatic nitrogens is 3. The summed E-state index contributed by atoms with van der Waals surface area (Å²) in [6.45, 7) is 0. The van der Waals surface area contributed by atoms with Crippen LogP contribution in [0.1, 0.15) is 31.9 Å². The quantitative estimate of drug-likeness (QED) is 0.145. The molecular formula is C29H32ClN4O7P. The van der Waals surface area contributed by atoms with Gasteiger partial charge in [0, 0.05) is 12.2 Å². The molecule has 2 aromatic carbocycles. The molecule has 2 fully saturated rings. The molecule has 0 bridgehead atoms. The van der Waals surface area contributed by atoms with Gasteiger partial charge in [0.05, 0.1) is 11.5 Å². The first-order valence-electron chi connectivity index (χ1n) is 13.9. The number of fused-ring (bicyclic) bond motifs is 1. The maximum atomic E-state index is 14.0. The highest BCUT2D eigenvalue weighted by Crippen LogP contribution is 2.50. The third-order valence-electron chi connectivity index (χ3n) is 7.56. The molecule has 13 heteroatoms. The van der Waals surface area contributed by atoms with E-state index in [9.17, 15) is 19.9 Å². The van der Waals surface area contributed by atoms with Gasteiger partial charge in [-0.25, -0.2) is 9.55 Å². The van der Waals surface area contributed by atoms with E-state index in [1.165, 1.54) is 0 Å². The highest BCUT2D eigenvalue weighted by Gasteiger charge is 2.49. The lowest BCUT2D eigenvalue weighted by atomic mass is 10.1. The number of ether oxygens (including phenoxy) is 1. The molecule has 1 saturated heterocycles. The number of halogens is 1. The smallest absolute Gasteiger partial charge is 0.416 e. The first-order valence-corrected chi connectivity index (χ1v) is 16.0. The van der Waals surface area contributed by atoms with E-state index in [-0.39, 0.29) is 22.8 Å². The number of anilines is 1. The van der Waals surface area contributed by atoms with Crippen LogP contribution in [0, 0.1) is 0 Å². The van der Waals surface area contributed by atoms with Crippen molar-refractivity contribution in [3.8, 4) is 11.5 Å². The van der Waals surface area contributed by atoms with Gasteiger partial charge in [0.1, 0.15) is 47.4 Å². The highest BCUT2D eigenvalue weighted by atomic mass is 35.5.